The van der Waals surface area contributed by atoms with Crippen LogP contribution >= 0.6 is 0 Å². The minimum atomic E-state index is -0.768. The maximum Gasteiger partial charge on any atom is 0.270 e. The quantitative estimate of drug-likeness (QED) is 0.623. The summed E-state index contributed by atoms with van der Waals surface area (Å²) in [5.41, 5.74) is 5.86. The van der Waals surface area contributed by atoms with E-state index in [0.29, 0.717) is 24.3 Å². The van der Waals surface area contributed by atoms with E-state index >= 15 is 0 Å². The second kappa shape index (κ2) is 9.45. The molecule has 2 amide bonds. The molecule has 0 unspecified atom stereocenters. The van der Waals surface area contributed by atoms with Crippen LogP contribution in [0.15, 0.2) is 78.9 Å². The predicted molar refractivity (Wildman–Crippen MR) is 116 cm³/mol. The summed E-state index contributed by atoms with van der Waals surface area (Å²) in [5.74, 6) is 0.0921. The average Bonchev–Trinajstić information content (AvgIpc) is 2.83. The number of fused-ring (bicyclic) bond motifs is 1. The topological polar surface area (TPSA) is 67.9 Å². The molecule has 0 bridgehead atoms. The first-order valence-electron chi connectivity index (χ1n) is 10.2. The maximum atomic E-state index is 13.3. The fourth-order valence-electron chi connectivity index (χ4n) is 3.79. The van der Waals surface area contributed by atoms with E-state index in [2.05, 4.69) is 5.48 Å². The molecule has 1 aliphatic rings. The number of nitrogens with one attached hydrogen (secondary N) is 1. The summed E-state index contributed by atoms with van der Waals surface area (Å²) in [6, 6.07) is 23.4. The summed E-state index contributed by atoms with van der Waals surface area (Å²) in [5, 5.41) is 0. The zero-order valence-corrected chi connectivity index (χ0v) is 17.3. The van der Waals surface area contributed by atoms with Crippen molar-refractivity contribution in [3.8, 4) is 5.75 Å². The Morgan fingerprint density at radius 2 is 1.68 bits per heavy atom. The van der Waals surface area contributed by atoms with Crippen molar-refractivity contribution in [2.45, 2.75) is 19.1 Å². The van der Waals surface area contributed by atoms with Crippen LogP contribution in [-0.4, -0.2) is 30.4 Å². The van der Waals surface area contributed by atoms with E-state index in [0.717, 1.165) is 16.7 Å². The molecule has 1 aliphatic heterocycles. The van der Waals surface area contributed by atoms with Gasteiger partial charge in [0.15, 0.2) is 0 Å². The van der Waals surface area contributed by atoms with Crippen LogP contribution in [0, 0.1) is 0 Å². The molecule has 6 heteroatoms. The lowest BCUT2D eigenvalue weighted by Crippen LogP contribution is -2.47. The lowest BCUT2D eigenvalue weighted by atomic mass is 9.91. The third kappa shape index (κ3) is 4.59. The first-order chi connectivity index (χ1) is 15.2. The van der Waals surface area contributed by atoms with Gasteiger partial charge < -0.3 is 9.64 Å². The van der Waals surface area contributed by atoms with Gasteiger partial charge in [-0.05, 0) is 47.4 Å². The summed E-state index contributed by atoms with van der Waals surface area (Å²) in [6.07, 6.45) is 0.687. The highest BCUT2D eigenvalue weighted by atomic mass is 16.6. The number of carbonyl (C=O) groups is 2. The average molecular weight is 416 g/mol. The zero-order chi connectivity index (χ0) is 21.6. The highest BCUT2D eigenvalue weighted by Crippen LogP contribution is 2.31. The molecule has 6 nitrogen and oxygen atoms in total. The van der Waals surface area contributed by atoms with Gasteiger partial charge in [-0.1, -0.05) is 54.6 Å². The number of ether oxygens (including phenoxy) is 1. The molecular formula is C25H24N2O4. The summed E-state index contributed by atoms with van der Waals surface area (Å²) < 4.78 is 5.18. The van der Waals surface area contributed by atoms with Gasteiger partial charge in [0.1, 0.15) is 11.8 Å². The molecule has 31 heavy (non-hydrogen) atoms. The van der Waals surface area contributed by atoms with E-state index in [9.17, 15) is 9.59 Å². The van der Waals surface area contributed by atoms with Crippen LogP contribution < -0.4 is 10.2 Å². The lowest BCUT2D eigenvalue weighted by Gasteiger charge is -2.36. The van der Waals surface area contributed by atoms with Crippen LogP contribution in [0.4, 0.5) is 0 Å². The number of hydrogen-bond donors (Lipinski definition) is 1. The van der Waals surface area contributed by atoms with E-state index < -0.39 is 6.04 Å². The molecule has 4 rings (SSSR count). The summed E-state index contributed by atoms with van der Waals surface area (Å²) >= 11 is 0. The SMILES string of the molecule is COc1ccc(C(=O)N2CCc3ccccc3[C@@H]2C(=O)NOCc2ccccc2)cc1. The van der Waals surface area contributed by atoms with Crippen molar-refractivity contribution in [2.75, 3.05) is 13.7 Å². The van der Waals surface area contributed by atoms with Gasteiger partial charge >= 0.3 is 0 Å². The third-order valence-electron chi connectivity index (χ3n) is 5.38. The highest BCUT2D eigenvalue weighted by molar-refractivity contribution is 5.98. The molecule has 0 radical (unpaired) electrons. The second-order valence-electron chi connectivity index (χ2n) is 7.32. The van der Waals surface area contributed by atoms with Crippen LogP contribution in [0.5, 0.6) is 5.75 Å². The molecule has 0 saturated heterocycles. The van der Waals surface area contributed by atoms with Crippen molar-refractivity contribution in [3.63, 3.8) is 0 Å². The molecule has 158 valence electrons. The first kappa shape index (κ1) is 20.6. The van der Waals surface area contributed by atoms with Crippen molar-refractivity contribution in [1.29, 1.82) is 0 Å². The van der Waals surface area contributed by atoms with Crippen LogP contribution in [0.2, 0.25) is 0 Å². The lowest BCUT2D eigenvalue weighted by molar-refractivity contribution is -0.140. The van der Waals surface area contributed by atoms with E-state index in [4.69, 9.17) is 9.57 Å². The normalized spacial score (nSPS) is 15.1. The predicted octanol–water partition coefficient (Wildman–Crippen LogP) is 3.68. The smallest absolute Gasteiger partial charge is 0.270 e. The number of carbonyl (C=O) groups excluding carboxylic acids is 2. The number of methoxy groups -OCH3 is 1. The highest BCUT2D eigenvalue weighted by Gasteiger charge is 2.36. The summed E-state index contributed by atoms with van der Waals surface area (Å²) in [7, 11) is 1.58. The Morgan fingerprint density at radius 1 is 0.968 bits per heavy atom. The molecular weight excluding hydrogens is 392 g/mol. The van der Waals surface area contributed by atoms with E-state index in [1.807, 2.05) is 54.6 Å². The largest absolute Gasteiger partial charge is 0.497 e. The number of benzene rings is 3. The Balaban J connectivity index is 1.55. The molecule has 1 heterocycles. The standard InChI is InChI=1S/C25H24N2O4/c1-30-21-13-11-20(12-14-21)25(29)27-16-15-19-9-5-6-10-22(19)23(27)24(28)26-31-17-18-7-3-2-4-8-18/h2-14,23H,15-17H2,1H3,(H,26,28)/t23-/m1/s1. The molecule has 0 fully saturated rings. The summed E-state index contributed by atoms with van der Waals surface area (Å²) in [4.78, 5) is 33.5. The van der Waals surface area contributed by atoms with Gasteiger partial charge in [-0.2, -0.15) is 0 Å². The van der Waals surface area contributed by atoms with Gasteiger partial charge in [-0.25, -0.2) is 5.48 Å². The molecule has 0 saturated carbocycles. The maximum absolute atomic E-state index is 13.3. The molecule has 0 aromatic heterocycles. The van der Waals surface area contributed by atoms with Gasteiger partial charge in [0, 0.05) is 12.1 Å². The summed E-state index contributed by atoms with van der Waals surface area (Å²) in [6.45, 7) is 0.687. The Morgan fingerprint density at radius 3 is 2.42 bits per heavy atom. The Kier molecular flexibility index (Phi) is 6.29. The van der Waals surface area contributed by atoms with Crippen LogP contribution in [0.1, 0.15) is 33.1 Å². The van der Waals surface area contributed by atoms with Gasteiger partial charge in [-0.15, -0.1) is 0 Å². The number of hydroxylamine groups is 1. The number of amides is 2. The Hall–Kier alpha value is -3.64. The van der Waals surface area contributed by atoms with Gasteiger partial charge in [0.25, 0.3) is 11.8 Å². The van der Waals surface area contributed by atoms with Crippen molar-refractivity contribution >= 4 is 11.8 Å². The monoisotopic (exact) mass is 416 g/mol. The zero-order valence-electron chi connectivity index (χ0n) is 17.3. The van der Waals surface area contributed by atoms with Crippen molar-refractivity contribution in [2.24, 2.45) is 0 Å². The molecule has 3 aromatic rings. The van der Waals surface area contributed by atoms with E-state index in [-0.39, 0.29) is 18.4 Å². The van der Waals surface area contributed by atoms with E-state index in [1.54, 1.807) is 36.3 Å². The number of hydrogen-bond acceptors (Lipinski definition) is 4. The minimum Gasteiger partial charge on any atom is -0.497 e. The fraction of sp³-hybridized carbons (Fsp3) is 0.200. The first-order valence-corrected chi connectivity index (χ1v) is 10.2. The molecule has 0 spiro atoms. The van der Waals surface area contributed by atoms with Crippen molar-refractivity contribution < 1.29 is 19.2 Å². The molecule has 1 atom stereocenters. The fourth-order valence-corrected chi connectivity index (χ4v) is 3.79. The number of nitrogens with zero attached hydrogens (tertiary/aromatic N) is 1. The van der Waals surface area contributed by atoms with E-state index in [1.165, 1.54) is 0 Å². The van der Waals surface area contributed by atoms with Gasteiger partial charge in [0.2, 0.25) is 0 Å². The Labute approximate surface area is 181 Å². The minimum absolute atomic E-state index is 0.208. The van der Waals surface area contributed by atoms with Crippen LogP contribution in [-0.2, 0) is 22.7 Å². The van der Waals surface area contributed by atoms with Crippen molar-refractivity contribution in [1.82, 2.24) is 10.4 Å². The third-order valence-corrected chi connectivity index (χ3v) is 5.38. The van der Waals surface area contributed by atoms with Gasteiger partial charge in [0.05, 0.1) is 13.7 Å². The molecule has 3 aromatic carbocycles. The van der Waals surface area contributed by atoms with Crippen LogP contribution in [0.3, 0.4) is 0 Å². The Bertz CT molecular complexity index is 1050. The van der Waals surface area contributed by atoms with Crippen molar-refractivity contribution in [3.05, 3.63) is 101 Å². The molecule has 1 N–H and O–H groups in total. The number of rotatable bonds is 6. The molecule has 0 aliphatic carbocycles. The van der Waals surface area contributed by atoms with Crippen LogP contribution in [0.25, 0.3) is 0 Å². The second-order valence-corrected chi connectivity index (χ2v) is 7.32. The van der Waals surface area contributed by atoms with Gasteiger partial charge in [-0.3, -0.25) is 14.4 Å².